The number of likely N-dealkylation sites (tertiary alicyclic amines) is 1. The fourth-order valence-electron chi connectivity index (χ4n) is 2.00. The lowest BCUT2D eigenvalue weighted by atomic mass is 9.99. The van der Waals surface area contributed by atoms with Gasteiger partial charge in [0.15, 0.2) is 0 Å². The van der Waals surface area contributed by atoms with E-state index < -0.39 is 6.09 Å². The maximum absolute atomic E-state index is 11.5. The Morgan fingerprint density at radius 1 is 1.53 bits per heavy atom. The van der Waals surface area contributed by atoms with Crippen molar-refractivity contribution in [2.45, 2.75) is 38.8 Å². The third-order valence-corrected chi connectivity index (χ3v) is 2.92. The van der Waals surface area contributed by atoms with Crippen LogP contribution in [0.5, 0.6) is 0 Å². The molecule has 0 spiro atoms. The second-order valence-electron chi connectivity index (χ2n) is 4.37. The maximum Gasteiger partial charge on any atom is 0.413 e. The first-order valence-corrected chi connectivity index (χ1v) is 5.99. The highest BCUT2D eigenvalue weighted by molar-refractivity contribution is 5.92. The summed E-state index contributed by atoms with van der Waals surface area (Å²) in [5, 5.41) is 2.19. The van der Waals surface area contributed by atoms with Crippen molar-refractivity contribution in [3.05, 3.63) is 0 Å². The van der Waals surface area contributed by atoms with Crippen molar-refractivity contribution in [2.24, 2.45) is 5.73 Å². The average molecular weight is 243 g/mol. The van der Waals surface area contributed by atoms with Crippen LogP contribution in [0.3, 0.4) is 0 Å². The lowest BCUT2D eigenvalue weighted by Gasteiger charge is -2.35. The van der Waals surface area contributed by atoms with Gasteiger partial charge in [-0.25, -0.2) is 4.79 Å². The molecule has 2 unspecified atom stereocenters. The molecular formula is C11H21N3O3. The summed E-state index contributed by atoms with van der Waals surface area (Å²) in [5.74, 6) is -0.328. The van der Waals surface area contributed by atoms with Crippen LogP contribution in [0.25, 0.3) is 0 Å². The van der Waals surface area contributed by atoms with E-state index in [1.807, 2.05) is 11.8 Å². The number of nitrogens with one attached hydrogen (secondary N) is 1. The second-order valence-corrected chi connectivity index (χ2v) is 4.37. The van der Waals surface area contributed by atoms with E-state index in [1.54, 1.807) is 6.92 Å². The number of amides is 2. The van der Waals surface area contributed by atoms with Gasteiger partial charge in [-0.15, -0.1) is 0 Å². The van der Waals surface area contributed by atoms with E-state index in [2.05, 4.69) is 10.1 Å². The van der Waals surface area contributed by atoms with Crippen LogP contribution in [-0.4, -0.2) is 48.7 Å². The lowest BCUT2D eigenvalue weighted by molar-refractivity contribution is -0.122. The molecule has 2 atom stereocenters. The summed E-state index contributed by atoms with van der Waals surface area (Å²) in [6, 6.07) is 0.487. The number of hydrogen-bond acceptors (Lipinski definition) is 5. The molecule has 6 nitrogen and oxygen atoms in total. The molecule has 0 radical (unpaired) electrons. The Bertz CT molecular complexity index is 283. The number of alkyl carbamates (subject to hydrolysis) is 1. The molecule has 1 saturated heterocycles. The molecule has 0 saturated carbocycles. The van der Waals surface area contributed by atoms with Crippen molar-refractivity contribution in [2.75, 3.05) is 19.7 Å². The number of hydrogen-bond donors (Lipinski definition) is 2. The fraction of sp³-hybridized carbons (Fsp3) is 0.818. The summed E-state index contributed by atoms with van der Waals surface area (Å²) in [4.78, 5) is 24.6. The van der Waals surface area contributed by atoms with Gasteiger partial charge < -0.3 is 10.5 Å². The minimum absolute atomic E-state index is 0.215. The van der Waals surface area contributed by atoms with Crippen LogP contribution >= 0.6 is 0 Å². The third-order valence-electron chi connectivity index (χ3n) is 2.92. The maximum atomic E-state index is 11.5. The van der Waals surface area contributed by atoms with Crippen LogP contribution in [0.1, 0.15) is 26.7 Å². The SMILES string of the molecule is CCOC(=O)NC(=O)CN1CCC(N)CC1C. The van der Waals surface area contributed by atoms with Crippen molar-refractivity contribution in [1.82, 2.24) is 10.2 Å². The summed E-state index contributed by atoms with van der Waals surface area (Å²) >= 11 is 0. The zero-order valence-corrected chi connectivity index (χ0v) is 10.4. The molecule has 2 amide bonds. The summed E-state index contributed by atoms with van der Waals surface area (Å²) in [7, 11) is 0. The Labute approximate surface area is 101 Å². The Morgan fingerprint density at radius 3 is 2.82 bits per heavy atom. The number of imide groups is 1. The van der Waals surface area contributed by atoms with E-state index in [0.717, 1.165) is 19.4 Å². The van der Waals surface area contributed by atoms with Gasteiger partial charge in [0.2, 0.25) is 5.91 Å². The quantitative estimate of drug-likeness (QED) is 0.732. The number of nitrogens with zero attached hydrogens (tertiary/aromatic N) is 1. The highest BCUT2D eigenvalue weighted by atomic mass is 16.5. The molecule has 0 aromatic heterocycles. The first-order valence-electron chi connectivity index (χ1n) is 5.99. The molecule has 0 aromatic carbocycles. The molecule has 1 rings (SSSR count). The van der Waals surface area contributed by atoms with Gasteiger partial charge in [-0.05, 0) is 26.7 Å². The second kappa shape index (κ2) is 6.56. The smallest absolute Gasteiger partial charge is 0.413 e. The topological polar surface area (TPSA) is 84.7 Å². The molecule has 0 bridgehead atoms. The molecule has 6 heteroatoms. The van der Waals surface area contributed by atoms with E-state index in [0.29, 0.717) is 0 Å². The minimum Gasteiger partial charge on any atom is -0.450 e. The van der Waals surface area contributed by atoms with E-state index in [1.165, 1.54) is 0 Å². The van der Waals surface area contributed by atoms with Crippen molar-refractivity contribution in [3.63, 3.8) is 0 Å². The van der Waals surface area contributed by atoms with E-state index in [9.17, 15) is 9.59 Å². The first kappa shape index (κ1) is 13.9. The summed E-state index contributed by atoms with van der Waals surface area (Å²) < 4.78 is 4.64. The number of carbonyl (C=O) groups excluding carboxylic acids is 2. The molecule has 0 aromatic rings. The number of carbonyl (C=O) groups is 2. The predicted molar refractivity (Wildman–Crippen MR) is 63.4 cm³/mol. The van der Waals surface area contributed by atoms with E-state index in [-0.39, 0.29) is 31.1 Å². The molecular weight excluding hydrogens is 222 g/mol. The zero-order chi connectivity index (χ0) is 12.8. The Morgan fingerprint density at radius 2 is 2.24 bits per heavy atom. The largest absolute Gasteiger partial charge is 0.450 e. The highest BCUT2D eigenvalue weighted by Crippen LogP contribution is 2.14. The van der Waals surface area contributed by atoms with Gasteiger partial charge in [-0.2, -0.15) is 0 Å². The minimum atomic E-state index is -0.682. The highest BCUT2D eigenvalue weighted by Gasteiger charge is 2.25. The van der Waals surface area contributed by atoms with Crippen LogP contribution in [0, 0.1) is 0 Å². The molecule has 98 valence electrons. The molecule has 17 heavy (non-hydrogen) atoms. The summed E-state index contributed by atoms with van der Waals surface area (Å²) in [5.41, 5.74) is 5.84. The Hall–Kier alpha value is -1.14. The van der Waals surface area contributed by atoms with E-state index in [4.69, 9.17) is 5.73 Å². The van der Waals surface area contributed by atoms with Gasteiger partial charge in [0.25, 0.3) is 0 Å². The third kappa shape index (κ3) is 4.70. The molecule has 3 N–H and O–H groups in total. The Kier molecular flexibility index (Phi) is 5.37. The Balaban J connectivity index is 2.33. The average Bonchev–Trinajstić information content (AvgIpc) is 2.22. The standard InChI is InChI=1S/C11H21N3O3/c1-3-17-11(16)13-10(15)7-14-5-4-9(12)6-8(14)2/h8-9H,3-7,12H2,1-2H3,(H,13,15,16). The van der Waals surface area contributed by atoms with Gasteiger partial charge >= 0.3 is 6.09 Å². The summed E-state index contributed by atoms with van der Waals surface area (Å²) in [6.07, 6.45) is 1.09. The number of piperidine rings is 1. The van der Waals surface area contributed by atoms with Gasteiger partial charge in [0.1, 0.15) is 0 Å². The fourth-order valence-corrected chi connectivity index (χ4v) is 2.00. The zero-order valence-electron chi connectivity index (χ0n) is 10.4. The molecule has 1 aliphatic rings. The van der Waals surface area contributed by atoms with Gasteiger partial charge in [0.05, 0.1) is 13.2 Å². The van der Waals surface area contributed by atoms with Crippen molar-refractivity contribution in [3.8, 4) is 0 Å². The molecule has 1 aliphatic heterocycles. The summed E-state index contributed by atoms with van der Waals surface area (Å²) in [6.45, 7) is 4.99. The number of ether oxygens (including phenoxy) is 1. The van der Waals surface area contributed by atoms with Crippen molar-refractivity contribution >= 4 is 12.0 Å². The number of rotatable bonds is 3. The monoisotopic (exact) mass is 243 g/mol. The predicted octanol–water partition coefficient (Wildman–Crippen LogP) is 0.0707. The van der Waals surface area contributed by atoms with Gasteiger partial charge in [-0.3, -0.25) is 15.0 Å². The molecule has 1 fully saturated rings. The van der Waals surface area contributed by atoms with Crippen molar-refractivity contribution < 1.29 is 14.3 Å². The lowest BCUT2D eigenvalue weighted by Crippen LogP contribution is -2.49. The number of nitrogens with two attached hydrogens (primary N) is 1. The first-order chi connectivity index (χ1) is 8.02. The molecule has 1 heterocycles. The van der Waals surface area contributed by atoms with Crippen LogP contribution in [-0.2, 0) is 9.53 Å². The van der Waals surface area contributed by atoms with Crippen LogP contribution < -0.4 is 11.1 Å². The molecule has 0 aliphatic carbocycles. The van der Waals surface area contributed by atoms with Crippen LogP contribution in [0.4, 0.5) is 4.79 Å². The van der Waals surface area contributed by atoms with Crippen LogP contribution in [0.2, 0.25) is 0 Å². The van der Waals surface area contributed by atoms with Crippen molar-refractivity contribution in [1.29, 1.82) is 0 Å². The van der Waals surface area contributed by atoms with Gasteiger partial charge in [0, 0.05) is 18.6 Å². The van der Waals surface area contributed by atoms with E-state index >= 15 is 0 Å². The normalized spacial score (nSPS) is 25.4. The van der Waals surface area contributed by atoms with Gasteiger partial charge in [-0.1, -0.05) is 0 Å². The van der Waals surface area contributed by atoms with Crippen LogP contribution in [0.15, 0.2) is 0 Å².